The molecule has 0 N–H and O–H groups in total. The molecule has 0 atom stereocenters. The van der Waals surface area contributed by atoms with E-state index in [2.05, 4.69) is 15.9 Å². The molecule has 0 saturated carbocycles. The Morgan fingerprint density at radius 3 is 2.80 bits per heavy atom. The number of hydrogen-bond donors (Lipinski definition) is 0. The number of likely N-dealkylation sites (tertiary alicyclic amines) is 1. The van der Waals surface area contributed by atoms with Crippen LogP contribution in [0.3, 0.4) is 0 Å². The van der Waals surface area contributed by atoms with Crippen LogP contribution in [0, 0.1) is 0 Å². The molecule has 15 heavy (non-hydrogen) atoms. The van der Waals surface area contributed by atoms with Gasteiger partial charge >= 0.3 is 0 Å². The van der Waals surface area contributed by atoms with Crippen molar-refractivity contribution in [2.75, 3.05) is 6.54 Å². The SMILES string of the molecule is O=C1CCCN1/C=C/c1ccccc1Br. The number of carbonyl (C=O) groups excluding carboxylic acids is 1. The topological polar surface area (TPSA) is 20.3 Å². The molecule has 1 aliphatic rings. The third-order valence-electron chi connectivity index (χ3n) is 2.45. The number of carbonyl (C=O) groups is 1. The van der Waals surface area contributed by atoms with Gasteiger partial charge in [-0.05, 0) is 24.1 Å². The van der Waals surface area contributed by atoms with Crippen molar-refractivity contribution in [1.82, 2.24) is 4.90 Å². The van der Waals surface area contributed by atoms with Crippen molar-refractivity contribution in [3.05, 3.63) is 40.5 Å². The zero-order valence-corrected chi connectivity index (χ0v) is 9.90. The van der Waals surface area contributed by atoms with E-state index in [9.17, 15) is 4.79 Å². The summed E-state index contributed by atoms with van der Waals surface area (Å²) >= 11 is 3.47. The summed E-state index contributed by atoms with van der Waals surface area (Å²) in [6.45, 7) is 0.847. The average molecular weight is 266 g/mol. The van der Waals surface area contributed by atoms with E-state index in [1.165, 1.54) is 0 Å². The molecule has 3 heteroatoms. The van der Waals surface area contributed by atoms with E-state index in [1.54, 1.807) is 4.90 Å². The largest absolute Gasteiger partial charge is 0.319 e. The molecular weight excluding hydrogens is 254 g/mol. The Balaban J connectivity index is 2.11. The molecule has 78 valence electrons. The van der Waals surface area contributed by atoms with E-state index in [-0.39, 0.29) is 5.91 Å². The molecule has 1 amide bonds. The molecule has 0 radical (unpaired) electrons. The molecule has 0 aliphatic carbocycles. The lowest BCUT2D eigenvalue weighted by molar-refractivity contribution is -0.125. The first-order valence-corrected chi connectivity index (χ1v) is 5.79. The van der Waals surface area contributed by atoms with Crippen LogP contribution >= 0.6 is 15.9 Å². The molecule has 0 unspecified atom stereocenters. The van der Waals surface area contributed by atoms with E-state index in [4.69, 9.17) is 0 Å². The van der Waals surface area contributed by atoms with E-state index >= 15 is 0 Å². The highest BCUT2D eigenvalue weighted by atomic mass is 79.9. The van der Waals surface area contributed by atoms with E-state index in [0.717, 1.165) is 23.0 Å². The maximum absolute atomic E-state index is 11.3. The Morgan fingerprint density at radius 1 is 1.33 bits per heavy atom. The van der Waals surface area contributed by atoms with Crippen LogP contribution in [0.5, 0.6) is 0 Å². The van der Waals surface area contributed by atoms with Crippen molar-refractivity contribution >= 4 is 27.9 Å². The van der Waals surface area contributed by atoms with Gasteiger partial charge in [0.05, 0.1) is 0 Å². The zero-order valence-electron chi connectivity index (χ0n) is 8.32. The fourth-order valence-electron chi connectivity index (χ4n) is 1.61. The van der Waals surface area contributed by atoms with Crippen molar-refractivity contribution in [3.63, 3.8) is 0 Å². The molecule has 0 spiro atoms. The van der Waals surface area contributed by atoms with Crippen molar-refractivity contribution < 1.29 is 4.79 Å². The van der Waals surface area contributed by atoms with Gasteiger partial charge in [-0.2, -0.15) is 0 Å². The molecule has 2 nitrogen and oxygen atoms in total. The third kappa shape index (κ3) is 2.48. The Hall–Kier alpha value is -1.09. The third-order valence-corrected chi connectivity index (χ3v) is 3.17. The Labute approximate surface area is 97.7 Å². The number of rotatable bonds is 2. The monoisotopic (exact) mass is 265 g/mol. The van der Waals surface area contributed by atoms with Crippen molar-refractivity contribution in [2.45, 2.75) is 12.8 Å². The summed E-state index contributed by atoms with van der Waals surface area (Å²) in [7, 11) is 0. The quantitative estimate of drug-likeness (QED) is 0.805. The van der Waals surface area contributed by atoms with Gasteiger partial charge in [0.15, 0.2) is 0 Å². The minimum Gasteiger partial charge on any atom is -0.319 e. The van der Waals surface area contributed by atoms with E-state index in [0.29, 0.717) is 6.42 Å². The minimum atomic E-state index is 0.221. The number of hydrogen-bond acceptors (Lipinski definition) is 1. The minimum absolute atomic E-state index is 0.221. The lowest BCUT2D eigenvalue weighted by atomic mass is 10.2. The van der Waals surface area contributed by atoms with Gasteiger partial charge in [0.1, 0.15) is 0 Å². The lowest BCUT2D eigenvalue weighted by Gasteiger charge is -2.08. The van der Waals surface area contributed by atoms with Crippen LogP contribution in [0.25, 0.3) is 6.08 Å². The maximum Gasteiger partial charge on any atom is 0.226 e. The average Bonchev–Trinajstić information content (AvgIpc) is 2.63. The lowest BCUT2D eigenvalue weighted by Crippen LogP contribution is -2.16. The van der Waals surface area contributed by atoms with Crippen LogP contribution in [0.2, 0.25) is 0 Å². The standard InChI is InChI=1S/C12H12BrNO/c13-11-5-2-1-4-10(11)7-9-14-8-3-6-12(14)15/h1-2,4-5,7,9H,3,6,8H2/b9-7+. The molecule has 1 aromatic carbocycles. The molecule has 1 fully saturated rings. The first-order valence-electron chi connectivity index (χ1n) is 4.99. The fourth-order valence-corrected chi connectivity index (χ4v) is 2.02. The summed E-state index contributed by atoms with van der Waals surface area (Å²) in [6, 6.07) is 7.96. The summed E-state index contributed by atoms with van der Waals surface area (Å²) in [5.74, 6) is 0.221. The molecule has 1 aliphatic heterocycles. The number of halogens is 1. The van der Waals surface area contributed by atoms with Gasteiger partial charge in [-0.25, -0.2) is 0 Å². The summed E-state index contributed by atoms with van der Waals surface area (Å²) in [4.78, 5) is 13.1. The molecule has 1 heterocycles. The summed E-state index contributed by atoms with van der Waals surface area (Å²) in [5.41, 5.74) is 1.09. The first kappa shape index (κ1) is 10.4. The fraction of sp³-hybridized carbons (Fsp3) is 0.250. The van der Waals surface area contributed by atoms with Crippen molar-refractivity contribution in [2.24, 2.45) is 0 Å². The molecule has 2 rings (SSSR count). The number of amides is 1. The molecular formula is C12H12BrNO. The summed E-state index contributed by atoms with van der Waals surface area (Å²) in [5, 5.41) is 0. The second kappa shape index (κ2) is 4.62. The van der Waals surface area contributed by atoms with Gasteiger partial charge in [0.25, 0.3) is 0 Å². The van der Waals surface area contributed by atoms with Crippen LogP contribution < -0.4 is 0 Å². The van der Waals surface area contributed by atoms with E-state index < -0.39 is 0 Å². The highest BCUT2D eigenvalue weighted by Gasteiger charge is 2.17. The van der Waals surface area contributed by atoms with Crippen molar-refractivity contribution in [3.8, 4) is 0 Å². The van der Waals surface area contributed by atoms with Crippen LogP contribution in [-0.4, -0.2) is 17.4 Å². The molecule has 0 aromatic heterocycles. The van der Waals surface area contributed by atoms with Crippen LogP contribution in [0.15, 0.2) is 34.9 Å². The van der Waals surface area contributed by atoms with E-state index in [1.807, 2.05) is 36.5 Å². The van der Waals surface area contributed by atoms with Gasteiger partial charge in [-0.3, -0.25) is 4.79 Å². The predicted octanol–water partition coefficient (Wildman–Crippen LogP) is 3.04. The van der Waals surface area contributed by atoms with Gasteiger partial charge in [0, 0.05) is 23.6 Å². The second-order valence-electron chi connectivity index (χ2n) is 3.53. The zero-order chi connectivity index (χ0) is 10.7. The Morgan fingerprint density at radius 2 is 2.13 bits per heavy atom. The van der Waals surface area contributed by atoms with Gasteiger partial charge < -0.3 is 4.90 Å². The summed E-state index contributed by atoms with van der Waals surface area (Å²) < 4.78 is 1.05. The van der Waals surface area contributed by atoms with Gasteiger partial charge in [-0.15, -0.1) is 0 Å². The van der Waals surface area contributed by atoms with Crippen molar-refractivity contribution in [1.29, 1.82) is 0 Å². The molecule has 1 saturated heterocycles. The highest BCUT2D eigenvalue weighted by Crippen LogP contribution is 2.18. The normalized spacial score (nSPS) is 16.6. The van der Waals surface area contributed by atoms with Crippen LogP contribution in [0.4, 0.5) is 0 Å². The highest BCUT2D eigenvalue weighted by molar-refractivity contribution is 9.10. The summed E-state index contributed by atoms with van der Waals surface area (Å²) in [6.07, 6.45) is 5.49. The number of nitrogens with zero attached hydrogens (tertiary/aromatic N) is 1. The maximum atomic E-state index is 11.3. The van der Waals surface area contributed by atoms with Gasteiger partial charge in [-0.1, -0.05) is 34.1 Å². The molecule has 1 aromatic rings. The van der Waals surface area contributed by atoms with Crippen LogP contribution in [0.1, 0.15) is 18.4 Å². The molecule has 0 bridgehead atoms. The van der Waals surface area contributed by atoms with Crippen LogP contribution in [-0.2, 0) is 4.79 Å². The first-order chi connectivity index (χ1) is 7.27. The van der Waals surface area contributed by atoms with Gasteiger partial charge in [0.2, 0.25) is 5.91 Å². The smallest absolute Gasteiger partial charge is 0.226 e. The number of benzene rings is 1. The Bertz CT molecular complexity index is 400. The predicted molar refractivity (Wildman–Crippen MR) is 64.1 cm³/mol. The Kier molecular flexibility index (Phi) is 3.21. The second-order valence-corrected chi connectivity index (χ2v) is 4.38.